The van der Waals surface area contributed by atoms with Crippen LogP contribution < -0.4 is 9.62 Å². The van der Waals surface area contributed by atoms with E-state index < -0.39 is 15.8 Å². The lowest BCUT2D eigenvalue weighted by Crippen LogP contribution is -2.32. The Hall–Kier alpha value is -2.12. The third kappa shape index (κ3) is 5.68. The van der Waals surface area contributed by atoms with Crippen LogP contribution in [-0.2, 0) is 14.8 Å². The molecule has 5 nitrogen and oxygen atoms in total. The van der Waals surface area contributed by atoms with Crippen molar-refractivity contribution in [3.8, 4) is 0 Å². The molecule has 0 aliphatic heterocycles. The van der Waals surface area contributed by atoms with E-state index in [0.717, 1.165) is 17.4 Å². The maximum Gasteiger partial charge on any atom is 0.232 e. The zero-order valence-corrected chi connectivity index (χ0v) is 17.0. The predicted molar refractivity (Wildman–Crippen MR) is 107 cm³/mol. The molecule has 0 aromatic heterocycles. The summed E-state index contributed by atoms with van der Waals surface area (Å²) >= 11 is 5.69. The molecule has 0 fully saturated rings. The van der Waals surface area contributed by atoms with Crippen molar-refractivity contribution in [1.82, 2.24) is 0 Å². The summed E-state index contributed by atoms with van der Waals surface area (Å²) in [4.78, 5) is 12.1. The van der Waals surface area contributed by atoms with E-state index in [0.29, 0.717) is 17.8 Å². The standard InChI is InChI=1S/C19H22ClFN2O3S/c1-13-6-4-7-18(14(13)2)23(27(3,25)26)11-5-8-19(24)22-15-9-10-17(21)16(20)12-15/h4,6-7,9-10,12H,5,8,11H2,1-3H3,(H,22,24). The van der Waals surface area contributed by atoms with Crippen LogP contribution in [0.4, 0.5) is 15.8 Å². The maximum atomic E-state index is 13.2. The first-order valence-electron chi connectivity index (χ1n) is 8.38. The van der Waals surface area contributed by atoms with E-state index in [1.807, 2.05) is 19.9 Å². The number of anilines is 2. The molecule has 0 atom stereocenters. The van der Waals surface area contributed by atoms with Gasteiger partial charge in [-0.3, -0.25) is 9.10 Å². The molecule has 0 bridgehead atoms. The molecular formula is C19H22ClFN2O3S. The Morgan fingerprint density at radius 3 is 2.56 bits per heavy atom. The molecule has 0 unspecified atom stereocenters. The molecule has 8 heteroatoms. The largest absolute Gasteiger partial charge is 0.326 e. The van der Waals surface area contributed by atoms with E-state index in [9.17, 15) is 17.6 Å². The molecule has 0 aliphatic carbocycles. The van der Waals surface area contributed by atoms with Gasteiger partial charge in [0.1, 0.15) is 5.82 Å². The van der Waals surface area contributed by atoms with E-state index in [4.69, 9.17) is 11.6 Å². The number of aryl methyl sites for hydroxylation is 1. The van der Waals surface area contributed by atoms with Crippen molar-refractivity contribution in [2.75, 3.05) is 22.4 Å². The summed E-state index contributed by atoms with van der Waals surface area (Å²) in [7, 11) is -3.48. The van der Waals surface area contributed by atoms with Crippen LogP contribution in [-0.4, -0.2) is 27.1 Å². The lowest BCUT2D eigenvalue weighted by Gasteiger charge is -2.24. The summed E-state index contributed by atoms with van der Waals surface area (Å²) in [6.07, 6.45) is 1.60. The molecule has 0 aliphatic rings. The Morgan fingerprint density at radius 2 is 1.93 bits per heavy atom. The highest BCUT2D eigenvalue weighted by atomic mass is 35.5. The van der Waals surface area contributed by atoms with Gasteiger partial charge in [0.25, 0.3) is 0 Å². The molecule has 1 amide bonds. The number of halogens is 2. The first kappa shape index (κ1) is 21.2. The summed E-state index contributed by atoms with van der Waals surface area (Å²) in [6, 6.07) is 9.39. The van der Waals surface area contributed by atoms with Gasteiger partial charge in [0.05, 0.1) is 17.0 Å². The zero-order valence-electron chi connectivity index (χ0n) is 15.4. The van der Waals surface area contributed by atoms with Gasteiger partial charge in [-0.1, -0.05) is 23.7 Å². The van der Waals surface area contributed by atoms with Crippen LogP contribution in [0, 0.1) is 19.7 Å². The third-order valence-corrected chi connectivity index (χ3v) is 5.68. The first-order valence-corrected chi connectivity index (χ1v) is 10.6. The molecule has 0 saturated carbocycles. The Balaban J connectivity index is 2.02. The molecule has 0 heterocycles. The second kappa shape index (κ2) is 8.71. The second-order valence-electron chi connectivity index (χ2n) is 6.33. The quantitative estimate of drug-likeness (QED) is 0.738. The van der Waals surface area contributed by atoms with Crippen molar-refractivity contribution >= 4 is 38.9 Å². The molecule has 0 spiro atoms. The Labute approximate surface area is 164 Å². The fraction of sp³-hybridized carbons (Fsp3) is 0.316. The molecule has 0 radical (unpaired) electrons. The average Bonchev–Trinajstić information content (AvgIpc) is 2.57. The SMILES string of the molecule is Cc1cccc(N(CCCC(=O)Nc2ccc(F)c(Cl)c2)S(C)(=O)=O)c1C. The fourth-order valence-corrected chi connectivity index (χ4v) is 3.85. The summed E-state index contributed by atoms with van der Waals surface area (Å²) in [6.45, 7) is 3.97. The van der Waals surface area contributed by atoms with Gasteiger partial charge in [-0.25, -0.2) is 12.8 Å². The number of carbonyl (C=O) groups excluding carboxylic acids is 1. The van der Waals surface area contributed by atoms with Crippen LogP contribution in [0.5, 0.6) is 0 Å². The number of amides is 1. The Morgan fingerprint density at radius 1 is 1.22 bits per heavy atom. The number of nitrogens with zero attached hydrogens (tertiary/aromatic N) is 1. The summed E-state index contributed by atoms with van der Waals surface area (Å²) in [5.74, 6) is -0.862. The van der Waals surface area contributed by atoms with Gasteiger partial charge >= 0.3 is 0 Å². The van der Waals surface area contributed by atoms with Gasteiger partial charge in [0, 0.05) is 18.7 Å². The van der Waals surface area contributed by atoms with Crippen LogP contribution in [0.2, 0.25) is 5.02 Å². The molecule has 0 saturated heterocycles. The summed E-state index contributed by atoms with van der Waals surface area (Å²) in [5.41, 5.74) is 2.88. The van der Waals surface area contributed by atoms with Gasteiger partial charge in [0.2, 0.25) is 15.9 Å². The van der Waals surface area contributed by atoms with Gasteiger partial charge in [0.15, 0.2) is 0 Å². The fourth-order valence-electron chi connectivity index (χ4n) is 2.65. The minimum absolute atomic E-state index is 0.0778. The lowest BCUT2D eigenvalue weighted by molar-refractivity contribution is -0.116. The van der Waals surface area contributed by atoms with Crippen LogP contribution in [0.15, 0.2) is 36.4 Å². The Kier molecular flexibility index (Phi) is 6.84. The number of carbonyl (C=O) groups is 1. The van der Waals surface area contributed by atoms with Gasteiger partial charge < -0.3 is 5.32 Å². The number of nitrogens with one attached hydrogen (secondary N) is 1. The van der Waals surface area contributed by atoms with Crippen molar-refractivity contribution in [2.45, 2.75) is 26.7 Å². The van der Waals surface area contributed by atoms with Crippen LogP contribution in [0.25, 0.3) is 0 Å². The Bertz CT molecular complexity index is 948. The second-order valence-corrected chi connectivity index (χ2v) is 8.65. The molecule has 146 valence electrons. The van der Waals surface area contributed by atoms with Crippen LogP contribution >= 0.6 is 11.6 Å². The van der Waals surface area contributed by atoms with Crippen molar-refractivity contribution < 1.29 is 17.6 Å². The highest BCUT2D eigenvalue weighted by Gasteiger charge is 2.20. The van der Waals surface area contributed by atoms with Crippen molar-refractivity contribution in [3.63, 3.8) is 0 Å². The number of sulfonamides is 1. The topological polar surface area (TPSA) is 66.5 Å². The van der Waals surface area contributed by atoms with E-state index in [1.165, 1.54) is 22.5 Å². The van der Waals surface area contributed by atoms with Crippen molar-refractivity contribution in [1.29, 1.82) is 0 Å². The monoisotopic (exact) mass is 412 g/mol. The number of benzene rings is 2. The lowest BCUT2D eigenvalue weighted by atomic mass is 10.1. The summed E-state index contributed by atoms with van der Waals surface area (Å²) in [5, 5.41) is 2.55. The molecule has 2 rings (SSSR count). The minimum atomic E-state index is -3.48. The highest BCUT2D eigenvalue weighted by Crippen LogP contribution is 2.25. The van der Waals surface area contributed by atoms with Crippen LogP contribution in [0.1, 0.15) is 24.0 Å². The molecule has 27 heavy (non-hydrogen) atoms. The van der Waals surface area contributed by atoms with Crippen LogP contribution in [0.3, 0.4) is 0 Å². The highest BCUT2D eigenvalue weighted by molar-refractivity contribution is 7.92. The normalized spacial score (nSPS) is 11.3. The van der Waals surface area contributed by atoms with Gasteiger partial charge in [-0.2, -0.15) is 0 Å². The minimum Gasteiger partial charge on any atom is -0.326 e. The first-order chi connectivity index (χ1) is 12.6. The number of hydrogen-bond acceptors (Lipinski definition) is 3. The van der Waals surface area contributed by atoms with E-state index in [-0.39, 0.29) is 23.9 Å². The van der Waals surface area contributed by atoms with E-state index >= 15 is 0 Å². The van der Waals surface area contributed by atoms with Crippen molar-refractivity contribution in [2.24, 2.45) is 0 Å². The molecule has 2 aromatic rings. The van der Waals surface area contributed by atoms with Gasteiger partial charge in [-0.05, 0) is 55.7 Å². The van der Waals surface area contributed by atoms with E-state index in [2.05, 4.69) is 5.32 Å². The predicted octanol–water partition coefficient (Wildman–Crippen LogP) is 4.28. The van der Waals surface area contributed by atoms with E-state index in [1.54, 1.807) is 12.1 Å². The molecule has 2 aromatic carbocycles. The average molecular weight is 413 g/mol. The maximum absolute atomic E-state index is 13.2. The zero-order chi connectivity index (χ0) is 20.2. The van der Waals surface area contributed by atoms with Gasteiger partial charge in [-0.15, -0.1) is 0 Å². The number of rotatable bonds is 7. The summed E-state index contributed by atoms with van der Waals surface area (Å²) < 4.78 is 38.9. The molecular weight excluding hydrogens is 391 g/mol. The molecule has 1 N–H and O–H groups in total. The van der Waals surface area contributed by atoms with Crippen molar-refractivity contribution in [3.05, 3.63) is 58.4 Å². The number of hydrogen-bond donors (Lipinski definition) is 1. The third-order valence-electron chi connectivity index (χ3n) is 4.21. The smallest absolute Gasteiger partial charge is 0.232 e.